The highest BCUT2D eigenvalue weighted by molar-refractivity contribution is 5.70. The third-order valence-corrected chi connectivity index (χ3v) is 4.69. The monoisotopic (exact) mass is 334 g/mol. The third kappa shape index (κ3) is 3.93. The van der Waals surface area contributed by atoms with Crippen LogP contribution in [0.2, 0.25) is 0 Å². The fourth-order valence-corrected chi connectivity index (χ4v) is 3.56. The number of benzene rings is 1. The lowest BCUT2D eigenvalue weighted by molar-refractivity contribution is -0.00979. The molecule has 2 fully saturated rings. The second kappa shape index (κ2) is 7.30. The first-order valence-corrected chi connectivity index (χ1v) is 8.54. The molecule has 0 saturated carbocycles. The number of likely N-dealkylation sites (N-methyl/N-ethyl adjacent to an activating group) is 1. The van der Waals surface area contributed by atoms with Crippen molar-refractivity contribution < 1.29 is 19.0 Å². The van der Waals surface area contributed by atoms with E-state index in [1.54, 1.807) is 19.1 Å². The Morgan fingerprint density at radius 1 is 1.29 bits per heavy atom. The Labute approximate surface area is 143 Å². The van der Waals surface area contributed by atoms with E-state index in [1.165, 1.54) is 0 Å². The van der Waals surface area contributed by atoms with Crippen LogP contribution in [-0.2, 0) is 4.74 Å². The van der Waals surface area contributed by atoms with Gasteiger partial charge in [0.1, 0.15) is 17.1 Å². The van der Waals surface area contributed by atoms with Gasteiger partial charge in [0.25, 0.3) is 0 Å². The number of carbonyl (C=O) groups excluding carboxylic acids is 1. The number of nitrogens with zero attached hydrogens (tertiary/aromatic N) is 2. The zero-order valence-corrected chi connectivity index (χ0v) is 14.5. The first-order chi connectivity index (χ1) is 11.6. The highest BCUT2D eigenvalue weighted by Crippen LogP contribution is 2.31. The number of amides is 1. The van der Waals surface area contributed by atoms with Crippen LogP contribution in [0.15, 0.2) is 24.3 Å². The molecular weight excluding hydrogens is 308 g/mol. The number of carbonyl (C=O) groups is 1. The normalized spacial score (nSPS) is 24.2. The summed E-state index contributed by atoms with van der Waals surface area (Å²) in [6.45, 7) is 4.19. The summed E-state index contributed by atoms with van der Waals surface area (Å²) in [5, 5.41) is 0. The maximum atomic E-state index is 11.7. The highest BCUT2D eigenvalue weighted by Gasteiger charge is 2.46. The average Bonchev–Trinajstić information content (AvgIpc) is 2.85. The van der Waals surface area contributed by atoms with E-state index in [1.807, 2.05) is 24.3 Å². The molecule has 24 heavy (non-hydrogen) atoms. The van der Waals surface area contributed by atoms with Gasteiger partial charge < -0.3 is 19.1 Å². The van der Waals surface area contributed by atoms with Crippen LogP contribution >= 0.6 is 0 Å². The molecule has 6 heteroatoms. The Hall–Kier alpha value is -1.95. The van der Waals surface area contributed by atoms with Crippen LogP contribution < -0.4 is 9.47 Å². The smallest absolute Gasteiger partial charge is 0.410 e. The van der Waals surface area contributed by atoms with Gasteiger partial charge in [0, 0.05) is 26.2 Å². The summed E-state index contributed by atoms with van der Waals surface area (Å²) in [6, 6.07) is 7.66. The number of ether oxygens (including phenoxy) is 3. The van der Waals surface area contributed by atoms with E-state index in [0.29, 0.717) is 13.2 Å². The molecule has 0 N–H and O–H groups in total. The van der Waals surface area contributed by atoms with Crippen molar-refractivity contribution in [3.05, 3.63) is 24.3 Å². The summed E-state index contributed by atoms with van der Waals surface area (Å²) in [6.07, 6.45) is 2.77. The predicted molar refractivity (Wildman–Crippen MR) is 90.6 cm³/mol. The first kappa shape index (κ1) is 16.9. The van der Waals surface area contributed by atoms with E-state index >= 15 is 0 Å². The van der Waals surface area contributed by atoms with Gasteiger partial charge in [0.2, 0.25) is 0 Å². The van der Waals surface area contributed by atoms with Crippen LogP contribution in [0.3, 0.4) is 0 Å². The fraction of sp³-hybridized carbons (Fsp3) is 0.611. The molecule has 1 amide bonds. The third-order valence-electron chi connectivity index (χ3n) is 4.69. The summed E-state index contributed by atoms with van der Waals surface area (Å²) < 4.78 is 16.6. The lowest BCUT2D eigenvalue weighted by Gasteiger charge is -2.38. The van der Waals surface area contributed by atoms with E-state index in [0.717, 1.165) is 50.4 Å². The molecule has 3 rings (SSSR count). The highest BCUT2D eigenvalue weighted by atomic mass is 16.6. The topological polar surface area (TPSA) is 51.2 Å². The number of hydrogen-bond donors (Lipinski definition) is 0. The minimum Gasteiger partial charge on any atom is -0.497 e. The molecule has 6 nitrogen and oxygen atoms in total. The second-order valence-electron chi connectivity index (χ2n) is 6.67. The Bertz CT molecular complexity index is 580. The molecule has 1 unspecified atom stereocenters. The number of likely N-dealkylation sites (tertiary alicyclic amines) is 1. The van der Waals surface area contributed by atoms with Crippen LogP contribution in [0.5, 0.6) is 11.5 Å². The van der Waals surface area contributed by atoms with Gasteiger partial charge in [-0.05, 0) is 37.9 Å². The fourth-order valence-electron chi connectivity index (χ4n) is 3.56. The molecule has 2 aliphatic heterocycles. The molecule has 0 bridgehead atoms. The van der Waals surface area contributed by atoms with E-state index in [-0.39, 0.29) is 11.7 Å². The quantitative estimate of drug-likeness (QED) is 0.748. The van der Waals surface area contributed by atoms with Crippen LogP contribution in [0.25, 0.3) is 0 Å². The zero-order valence-electron chi connectivity index (χ0n) is 14.5. The molecule has 1 atom stereocenters. The van der Waals surface area contributed by atoms with Crippen molar-refractivity contribution in [1.29, 1.82) is 0 Å². The van der Waals surface area contributed by atoms with E-state index in [4.69, 9.17) is 14.2 Å². The molecule has 132 valence electrons. The average molecular weight is 334 g/mol. The van der Waals surface area contributed by atoms with Gasteiger partial charge in [-0.1, -0.05) is 6.07 Å². The summed E-state index contributed by atoms with van der Waals surface area (Å²) in [7, 11) is 3.45. The zero-order chi connectivity index (χ0) is 17.0. The van der Waals surface area contributed by atoms with Crippen molar-refractivity contribution in [2.45, 2.75) is 24.9 Å². The molecule has 2 heterocycles. The first-order valence-electron chi connectivity index (χ1n) is 8.54. The van der Waals surface area contributed by atoms with Gasteiger partial charge >= 0.3 is 6.09 Å². The van der Waals surface area contributed by atoms with Gasteiger partial charge in [-0.3, -0.25) is 4.90 Å². The summed E-state index contributed by atoms with van der Waals surface area (Å²) >= 11 is 0. The SMILES string of the molecule is COc1cccc(OCCCN2CCCC3(C2)CN(C)C(=O)O3)c1. The maximum absolute atomic E-state index is 11.7. The standard InChI is InChI=1S/C18H26N2O4/c1-19-13-18(24-17(19)21)8-4-9-20(14-18)10-5-11-23-16-7-3-6-15(12-16)22-2/h3,6-7,12H,4-5,8-11,13-14H2,1-2H3. The van der Waals surface area contributed by atoms with Crippen molar-refractivity contribution in [2.24, 2.45) is 0 Å². The van der Waals surface area contributed by atoms with Crippen molar-refractivity contribution >= 4 is 6.09 Å². The van der Waals surface area contributed by atoms with Crippen molar-refractivity contribution in [3.8, 4) is 11.5 Å². The predicted octanol–water partition coefficient (Wildman–Crippen LogP) is 2.38. The second-order valence-corrected chi connectivity index (χ2v) is 6.67. The van der Waals surface area contributed by atoms with Gasteiger partial charge in [0.05, 0.1) is 20.3 Å². The number of methoxy groups -OCH3 is 1. The molecule has 0 aliphatic carbocycles. The van der Waals surface area contributed by atoms with Gasteiger partial charge in [-0.25, -0.2) is 4.79 Å². The summed E-state index contributed by atoms with van der Waals surface area (Å²) in [5.74, 6) is 1.63. The molecule has 1 aromatic carbocycles. The number of piperidine rings is 1. The lowest BCUT2D eigenvalue weighted by atomic mass is 9.93. The molecule has 0 radical (unpaired) electrons. The van der Waals surface area contributed by atoms with Gasteiger partial charge in [-0.2, -0.15) is 0 Å². The van der Waals surface area contributed by atoms with E-state index < -0.39 is 0 Å². The molecule has 2 saturated heterocycles. The van der Waals surface area contributed by atoms with Crippen LogP contribution in [0.4, 0.5) is 4.79 Å². The van der Waals surface area contributed by atoms with Gasteiger partial charge in [0.15, 0.2) is 0 Å². The summed E-state index contributed by atoms with van der Waals surface area (Å²) in [4.78, 5) is 15.7. The molecule has 1 spiro atoms. The Kier molecular flexibility index (Phi) is 5.14. The summed E-state index contributed by atoms with van der Waals surface area (Å²) in [5.41, 5.74) is -0.308. The minimum absolute atomic E-state index is 0.196. The van der Waals surface area contributed by atoms with Crippen LogP contribution in [0.1, 0.15) is 19.3 Å². The van der Waals surface area contributed by atoms with Crippen molar-refractivity contribution in [1.82, 2.24) is 9.80 Å². The Morgan fingerprint density at radius 2 is 2.12 bits per heavy atom. The van der Waals surface area contributed by atoms with Crippen LogP contribution in [-0.4, -0.2) is 68.4 Å². The van der Waals surface area contributed by atoms with Crippen molar-refractivity contribution in [2.75, 3.05) is 46.9 Å². The number of hydrogen-bond acceptors (Lipinski definition) is 5. The van der Waals surface area contributed by atoms with E-state index in [9.17, 15) is 4.79 Å². The molecule has 2 aliphatic rings. The lowest BCUT2D eigenvalue weighted by Crippen LogP contribution is -2.50. The molecule has 0 aromatic heterocycles. The Morgan fingerprint density at radius 3 is 2.88 bits per heavy atom. The Balaban J connectivity index is 1.43. The molecule has 1 aromatic rings. The molecular formula is C18H26N2O4. The largest absolute Gasteiger partial charge is 0.497 e. The maximum Gasteiger partial charge on any atom is 0.410 e. The van der Waals surface area contributed by atoms with E-state index in [2.05, 4.69) is 4.90 Å². The van der Waals surface area contributed by atoms with Crippen molar-refractivity contribution in [3.63, 3.8) is 0 Å². The minimum atomic E-state index is -0.308. The number of rotatable bonds is 6. The van der Waals surface area contributed by atoms with Crippen LogP contribution in [0, 0.1) is 0 Å². The van der Waals surface area contributed by atoms with Gasteiger partial charge in [-0.15, -0.1) is 0 Å².